The second kappa shape index (κ2) is 4.49. The van der Waals surface area contributed by atoms with Crippen LogP contribution < -0.4 is 5.32 Å². The van der Waals surface area contributed by atoms with E-state index in [4.69, 9.17) is 0 Å². The van der Waals surface area contributed by atoms with E-state index in [0.717, 1.165) is 38.5 Å². The highest BCUT2D eigenvalue weighted by molar-refractivity contribution is 7.89. The summed E-state index contributed by atoms with van der Waals surface area (Å²) in [7, 11) is -3.25. The fourth-order valence-electron chi connectivity index (χ4n) is 3.12. The van der Waals surface area contributed by atoms with Crippen LogP contribution in [0.15, 0.2) is 0 Å². The molecule has 3 rings (SSSR count). The SMILES string of the molecule is O=C1CN(S(=O)(=O)CC2CC2)C2CCCCC2N1. The summed E-state index contributed by atoms with van der Waals surface area (Å²) in [4.78, 5) is 11.7. The molecule has 0 radical (unpaired) electrons. The summed E-state index contributed by atoms with van der Waals surface area (Å²) >= 11 is 0. The minimum atomic E-state index is -3.25. The quantitative estimate of drug-likeness (QED) is 0.812. The normalized spacial score (nSPS) is 33.9. The van der Waals surface area contributed by atoms with Crippen molar-refractivity contribution in [3.63, 3.8) is 0 Å². The number of amides is 1. The number of carbonyl (C=O) groups is 1. The van der Waals surface area contributed by atoms with Crippen molar-refractivity contribution in [2.75, 3.05) is 12.3 Å². The smallest absolute Gasteiger partial charge is 0.235 e. The Labute approximate surface area is 108 Å². The van der Waals surface area contributed by atoms with Crippen molar-refractivity contribution < 1.29 is 13.2 Å². The predicted molar refractivity (Wildman–Crippen MR) is 67.4 cm³/mol. The van der Waals surface area contributed by atoms with Gasteiger partial charge in [-0.1, -0.05) is 12.8 Å². The molecular formula is C12H20N2O3S. The van der Waals surface area contributed by atoms with Crippen molar-refractivity contribution in [3.8, 4) is 0 Å². The van der Waals surface area contributed by atoms with E-state index in [1.807, 2.05) is 0 Å². The van der Waals surface area contributed by atoms with E-state index in [1.54, 1.807) is 0 Å². The van der Waals surface area contributed by atoms with Gasteiger partial charge in [0.25, 0.3) is 0 Å². The van der Waals surface area contributed by atoms with Crippen molar-refractivity contribution in [3.05, 3.63) is 0 Å². The molecule has 102 valence electrons. The van der Waals surface area contributed by atoms with Crippen LogP contribution in [0.1, 0.15) is 38.5 Å². The van der Waals surface area contributed by atoms with E-state index >= 15 is 0 Å². The summed E-state index contributed by atoms with van der Waals surface area (Å²) in [6.07, 6.45) is 5.98. The maximum absolute atomic E-state index is 12.4. The Balaban J connectivity index is 1.81. The van der Waals surface area contributed by atoms with Crippen molar-refractivity contribution in [2.45, 2.75) is 50.6 Å². The minimum absolute atomic E-state index is 0.000185. The van der Waals surface area contributed by atoms with Gasteiger partial charge in [0.15, 0.2) is 0 Å². The first kappa shape index (κ1) is 12.4. The number of nitrogens with zero attached hydrogens (tertiary/aromatic N) is 1. The summed E-state index contributed by atoms with van der Waals surface area (Å²) in [5, 5.41) is 2.94. The van der Waals surface area contributed by atoms with Gasteiger partial charge in [-0.25, -0.2) is 8.42 Å². The summed E-state index contributed by atoms with van der Waals surface area (Å²) in [5.41, 5.74) is 0. The average Bonchev–Trinajstić information content (AvgIpc) is 3.11. The summed E-state index contributed by atoms with van der Waals surface area (Å²) in [5.74, 6) is 0.434. The van der Waals surface area contributed by atoms with Crippen LogP contribution >= 0.6 is 0 Å². The van der Waals surface area contributed by atoms with Gasteiger partial charge in [-0.15, -0.1) is 0 Å². The first-order chi connectivity index (χ1) is 8.56. The molecule has 0 aromatic carbocycles. The molecule has 3 aliphatic rings. The second-order valence-corrected chi connectivity index (χ2v) is 7.76. The topological polar surface area (TPSA) is 66.5 Å². The predicted octanol–water partition coefficient (Wildman–Crippen LogP) is 0.469. The zero-order valence-electron chi connectivity index (χ0n) is 10.5. The largest absolute Gasteiger partial charge is 0.351 e. The van der Waals surface area contributed by atoms with Gasteiger partial charge in [0, 0.05) is 12.1 Å². The monoisotopic (exact) mass is 272 g/mol. The molecule has 18 heavy (non-hydrogen) atoms. The highest BCUT2D eigenvalue weighted by Gasteiger charge is 2.43. The molecule has 1 amide bonds. The minimum Gasteiger partial charge on any atom is -0.351 e. The van der Waals surface area contributed by atoms with Gasteiger partial charge in [-0.05, 0) is 31.6 Å². The summed E-state index contributed by atoms with van der Waals surface area (Å²) in [6, 6.07) is 0.0363. The number of nitrogens with one attached hydrogen (secondary N) is 1. The Morgan fingerprint density at radius 3 is 2.61 bits per heavy atom. The van der Waals surface area contributed by atoms with Gasteiger partial charge < -0.3 is 5.32 Å². The third-order valence-corrected chi connectivity index (χ3v) is 6.25. The van der Waals surface area contributed by atoms with E-state index in [9.17, 15) is 13.2 Å². The van der Waals surface area contributed by atoms with Crippen LogP contribution in [0.2, 0.25) is 0 Å². The van der Waals surface area contributed by atoms with Gasteiger partial charge in [0.05, 0.1) is 12.3 Å². The number of sulfonamides is 1. The lowest BCUT2D eigenvalue weighted by molar-refractivity contribution is -0.125. The zero-order chi connectivity index (χ0) is 12.8. The molecule has 6 heteroatoms. The van der Waals surface area contributed by atoms with Crippen molar-refractivity contribution in [1.29, 1.82) is 0 Å². The van der Waals surface area contributed by atoms with Crippen LogP contribution in [0.25, 0.3) is 0 Å². The number of piperazine rings is 1. The zero-order valence-corrected chi connectivity index (χ0v) is 11.3. The molecule has 0 spiro atoms. The fraction of sp³-hybridized carbons (Fsp3) is 0.917. The molecule has 2 saturated carbocycles. The van der Waals surface area contributed by atoms with E-state index < -0.39 is 10.0 Å². The third-order valence-electron chi connectivity index (χ3n) is 4.25. The van der Waals surface area contributed by atoms with Gasteiger partial charge in [-0.3, -0.25) is 4.79 Å². The number of hydrogen-bond acceptors (Lipinski definition) is 3. The average molecular weight is 272 g/mol. The van der Waals surface area contributed by atoms with Gasteiger partial charge >= 0.3 is 0 Å². The van der Waals surface area contributed by atoms with E-state index in [2.05, 4.69) is 5.32 Å². The van der Waals surface area contributed by atoms with Crippen LogP contribution in [0.5, 0.6) is 0 Å². The summed E-state index contributed by atoms with van der Waals surface area (Å²) in [6.45, 7) is 0.0240. The molecule has 1 heterocycles. The van der Waals surface area contributed by atoms with Gasteiger partial charge in [0.1, 0.15) is 0 Å². The Kier molecular flexibility index (Phi) is 3.10. The van der Waals surface area contributed by atoms with E-state index in [1.165, 1.54) is 4.31 Å². The van der Waals surface area contributed by atoms with Crippen molar-refractivity contribution in [1.82, 2.24) is 9.62 Å². The number of fused-ring (bicyclic) bond motifs is 1. The number of carbonyl (C=O) groups excluding carboxylic acids is 1. The first-order valence-corrected chi connectivity index (χ1v) is 8.46. The molecule has 1 saturated heterocycles. The van der Waals surface area contributed by atoms with Crippen molar-refractivity contribution in [2.24, 2.45) is 5.92 Å². The molecule has 2 aliphatic carbocycles. The molecule has 0 bridgehead atoms. The molecule has 1 aliphatic heterocycles. The highest BCUT2D eigenvalue weighted by atomic mass is 32.2. The lowest BCUT2D eigenvalue weighted by Crippen LogP contribution is -2.63. The Bertz CT molecular complexity index is 444. The fourth-order valence-corrected chi connectivity index (χ4v) is 5.22. The molecule has 0 aromatic rings. The molecule has 3 fully saturated rings. The standard InChI is InChI=1S/C12H20N2O3S/c15-12-7-14(18(16,17)8-9-5-6-9)11-4-2-1-3-10(11)13-12/h9-11H,1-8H2,(H,13,15). The maximum atomic E-state index is 12.4. The van der Waals surface area contributed by atoms with E-state index in [0.29, 0.717) is 5.92 Å². The highest BCUT2D eigenvalue weighted by Crippen LogP contribution is 2.34. The molecular weight excluding hydrogens is 252 g/mol. The van der Waals surface area contributed by atoms with Crippen LogP contribution in [0.4, 0.5) is 0 Å². The molecule has 2 atom stereocenters. The molecule has 2 unspecified atom stereocenters. The first-order valence-electron chi connectivity index (χ1n) is 6.85. The van der Waals surface area contributed by atoms with Gasteiger partial charge in [0.2, 0.25) is 15.9 Å². The Morgan fingerprint density at radius 2 is 1.89 bits per heavy atom. The summed E-state index contributed by atoms with van der Waals surface area (Å²) < 4.78 is 26.3. The van der Waals surface area contributed by atoms with Crippen LogP contribution in [-0.4, -0.2) is 43.0 Å². The Morgan fingerprint density at radius 1 is 1.17 bits per heavy atom. The number of hydrogen-bond donors (Lipinski definition) is 1. The number of rotatable bonds is 3. The Hall–Kier alpha value is -0.620. The van der Waals surface area contributed by atoms with E-state index in [-0.39, 0.29) is 30.3 Å². The van der Waals surface area contributed by atoms with Gasteiger partial charge in [-0.2, -0.15) is 4.31 Å². The molecule has 1 N–H and O–H groups in total. The lowest BCUT2D eigenvalue weighted by Gasteiger charge is -2.43. The lowest BCUT2D eigenvalue weighted by atomic mass is 9.89. The van der Waals surface area contributed by atoms with Crippen molar-refractivity contribution >= 4 is 15.9 Å². The molecule has 0 aromatic heterocycles. The maximum Gasteiger partial charge on any atom is 0.235 e. The van der Waals surface area contributed by atoms with Crippen LogP contribution in [0.3, 0.4) is 0 Å². The molecule has 5 nitrogen and oxygen atoms in total. The van der Waals surface area contributed by atoms with Crippen LogP contribution in [-0.2, 0) is 14.8 Å². The second-order valence-electron chi connectivity index (χ2n) is 5.79. The van der Waals surface area contributed by atoms with Crippen LogP contribution in [0, 0.1) is 5.92 Å². The third kappa shape index (κ3) is 2.40.